The predicted molar refractivity (Wildman–Crippen MR) is 121 cm³/mol. The van der Waals surface area contributed by atoms with E-state index in [1.165, 1.54) is 12.1 Å². The van der Waals surface area contributed by atoms with E-state index in [1.807, 2.05) is 18.2 Å². The molecule has 4 rings (SSSR count). The zero-order chi connectivity index (χ0) is 23.5. The van der Waals surface area contributed by atoms with Crippen LogP contribution in [-0.2, 0) is 27.7 Å². The molecule has 178 valence electrons. The summed E-state index contributed by atoms with van der Waals surface area (Å²) >= 11 is 6.21. The Morgan fingerprint density at radius 1 is 1.09 bits per heavy atom. The van der Waals surface area contributed by atoms with E-state index >= 15 is 0 Å². The van der Waals surface area contributed by atoms with E-state index in [1.54, 1.807) is 12.1 Å². The highest BCUT2D eigenvalue weighted by molar-refractivity contribution is 6.30. The number of alkyl halides is 3. The van der Waals surface area contributed by atoms with Crippen molar-refractivity contribution < 1.29 is 22.7 Å². The second-order valence-electron chi connectivity index (χ2n) is 8.93. The Labute approximate surface area is 197 Å². The maximum Gasteiger partial charge on any atom is 0.416 e. The van der Waals surface area contributed by atoms with Crippen molar-refractivity contribution in [3.8, 4) is 0 Å². The number of hydrogen-bond donors (Lipinski definition) is 1. The normalized spacial score (nSPS) is 19.9. The molecule has 2 aromatic carbocycles. The third-order valence-corrected chi connectivity index (χ3v) is 6.98. The smallest absolute Gasteiger partial charge is 0.381 e. The molecule has 0 aliphatic carbocycles. The van der Waals surface area contributed by atoms with Crippen LogP contribution in [-0.4, -0.2) is 43.2 Å². The Kier molecular flexibility index (Phi) is 7.31. The molecule has 2 aliphatic rings. The van der Waals surface area contributed by atoms with Gasteiger partial charge in [0.25, 0.3) is 0 Å². The molecule has 0 unspecified atom stereocenters. The number of carbonyl (C=O) groups is 1. The van der Waals surface area contributed by atoms with Gasteiger partial charge in [0.05, 0.1) is 11.0 Å². The van der Waals surface area contributed by atoms with Crippen LogP contribution in [0.5, 0.6) is 0 Å². The van der Waals surface area contributed by atoms with Crippen molar-refractivity contribution in [2.75, 3.05) is 26.3 Å². The van der Waals surface area contributed by atoms with Crippen LogP contribution in [0.1, 0.15) is 42.4 Å². The minimum absolute atomic E-state index is 0.00407. The number of nitrogens with one attached hydrogen (secondary N) is 1. The van der Waals surface area contributed by atoms with Crippen molar-refractivity contribution in [1.82, 2.24) is 10.2 Å². The molecule has 0 saturated carbocycles. The third-order valence-electron chi connectivity index (χ3n) is 6.74. The molecular formula is C25H28ClF3N2O2. The zero-order valence-corrected chi connectivity index (χ0v) is 19.1. The largest absolute Gasteiger partial charge is 0.416 e. The van der Waals surface area contributed by atoms with Crippen LogP contribution in [0.2, 0.25) is 5.02 Å². The fraction of sp³-hybridized carbons (Fsp3) is 0.480. The van der Waals surface area contributed by atoms with Gasteiger partial charge in [0, 0.05) is 43.9 Å². The van der Waals surface area contributed by atoms with Gasteiger partial charge in [-0.25, -0.2) is 0 Å². The Morgan fingerprint density at radius 3 is 2.45 bits per heavy atom. The number of ether oxygens (including phenoxy) is 1. The van der Waals surface area contributed by atoms with Gasteiger partial charge in [-0.1, -0.05) is 41.9 Å². The Bertz CT molecular complexity index is 968. The number of hydrogen-bond acceptors (Lipinski definition) is 3. The Balaban J connectivity index is 1.37. The molecule has 1 N–H and O–H groups in total. The SMILES string of the molecule is O=C(NC1CCN(Cc2cccc(C(F)(F)F)c2)CC1)C1(c2cccc(Cl)c2)CCOCC1. The first-order chi connectivity index (χ1) is 15.8. The first kappa shape index (κ1) is 24.0. The molecule has 0 bridgehead atoms. The van der Waals surface area contributed by atoms with E-state index in [2.05, 4.69) is 10.2 Å². The highest BCUT2D eigenvalue weighted by atomic mass is 35.5. The molecule has 0 aromatic heterocycles. The molecule has 33 heavy (non-hydrogen) atoms. The van der Waals surface area contributed by atoms with Crippen LogP contribution in [0.15, 0.2) is 48.5 Å². The van der Waals surface area contributed by atoms with Crippen LogP contribution in [0.3, 0.4) is 0 Å². The van der Waals surface area contributed by atoms with E-state index in [4.69, 9.17) is 16.3 Å². The van der Waals surface area contributed by atoms with Gasteiger partial charge in [0.2, 0.25) is 5.91 Å². The molecule has 2 saturated heterocycles. The third kappa shape index (κ3) is 5.70. The summed E-state index contributed by atoms with van der Waals surface area (Å²) < 4.78 is 44.5. The molecule has 0 radical (unpaired) electrons. The lowest BCUT2D eigenvalue weighted by atomic mass is 9.73. The average Bonchev–Trinajstić information content (AvgIpc) is 2.80. The summed E-state index contributed by atoms with van der Waals surface area (Å²) in [7, 11) is 0. The van der Waals surface area contributed by atoms with Gasteiger partial charge in [-0.15, -0.1) is 0 Å². The molecule has 0 spiro atoms. The van der Waals surface area contributed by atoms with Crippen molar-refractivity contribution in [2.24, 2.45) is 0 Å². The fourth-order valence-corrected chi connectivity index (χ4v) is 5.01. The lowest BCUT2D eigenvalue weighted by molar-refractivity contribution is -0.137. The summed E-state index contributed by atoms with van der Waals surface area (Å²) in [5.41, 5.74) is 0.287. The number of rotatable bonds is 5. The molecule has 2 fully saturated rings. The summed E-state index contributed by atoms with van der Waals surface area (Å²) in [6.45, 7) is 2.95. The van der Waals surface area contributed by atoms with Crippen molar-refractivity contribution >= 4 is 17.5 Å². The van der Waals surface area contributed by atoms with Crippen LogP contribution >= 0.6 is 11.6 Å². The molecule has 2 aliphatic heterocycles. The molecule has 2 heterocycles. The summed E-state index contributed by atoms with van der Waals surface area (Å²) in [6, 6.07) is 13.0. The van der Waals surface area contributed by atoms with Crippen molar-refractivity contribution in [1.29, 1.82) is 0 Å². The summed E-state index contributed by atoms with van der Waals surface area (Å²) in [5.74, 6) is 0.00407. The summed E-state index contributed by atoms with van der Waals surface area (Å²) in [6.07, 6.45) is -1.61. The van der Waals surface area contributed by atoms with Crippen LogP contribution in [0.4, 0.5) is 13.2 Å². The standard InChI is InChI=1S/C25H28ClF3N2O2/c26-21-6-2-4-19(16-21)24(9-13-33-14-10-24)23(32)30-22-7-11-31(12-8-22)17-18-3-1-5-20(15-18)25(27,28)29/h1-6,15-16,22H,7-14,17H2,(H,30,32). The quantitative estimate of drug-likeness (QED) is 0.640. The van der Waals surface area contributed by atoms with Crippen LogP contribution in [0, 0.1) is 0 Å². The topological polar surface area (TPSA) is 41.6 Å². The number of carbonyl (C=O) groups excluding carboxylic acids is 1. The Hall–Kier alpha value is -2.09. The Morgan fingerprint density at radius 2 is 1.79 bits per heavy atom. The van der Waals surface area contributed by atoms with Crippen molar-refractivity contribution in [3.05, 3.63) is 70.2 Å². The van der Waals surface area contributed by atoms with Gasteiger partial charge < -0.3 is 10.1 Å². The lowest BCUT2D eigenvalue weighted by Crippen LogP contribution is -2.53. The van der Waals surface area contributed by atoms with E-state index < -0.39 is 17.2 Å². The van der Waals surface area contributed by atoms with Gasteiger partial charge >= 0.3 is 6.18 Å². The number of amides is 1. The van der Waals surface area contributed by atoms with Gasteiger partial charge in [0.1, 0.15) is 0 Å². The van der Waals surface area contributed by atoms with E-state index in [-0.39, 0.29) is 11.9 Å². The van der Waals surface area contributed by atoms with Crippen LogP contribution < -0.4 is 5.32 Å². The predicted octanol–water partition coefficient (Wildman–Crippen LogP) is 5.19. The van der Waals surface area contributed by atoms with Gasteiger partial charge in [-0.05, 0) is 55.0 Å². The number of piperidine rings is 1. The molecule has 2 aromatic rings. The monoisotopic (exact) mass is 480 g/mol. The first-order valence-electron chi connectivity index (χ1n) is 11.3. The maximum absolute atomic E-state index is 13.5. The highest BCUT2D eigenvalue weighted by Crippen LogP contribution is 2.37. The van der Waals surface area contributed by atoms with Gasteiger partial charge in [0.15, 0.2) is 0 Å². The number of nitrogens with zero attached hydrogens (tertiary/aromatic N) is 1. The van der Waals surface area contributed by atoms with Crippen molar-refractivity contribution in [3.63, 3.8) is 0 Å². The van der Waals surface area contributed by atoms with Gasteiger partial charge in [-0.3, -0.25) is 9.69 Å². The molecule has 4 nitrogen and oxygen atoms in total. The van der Waals surface area contributed by atoms with Crippen molar-refractivity contribution in [2.45, 2.75) is 49.9 Å². The van der Waals surface area contributed by atoms with Crippen LogP contribution in [0.25, 0.3) is 0 Å². The number of benzene rings is 2. The summed E-state index contributed by atoms with van der Waals surface area (Å²) in [4.78, 5) is 15.6. The maximum atomic E-state index is 13.5. The van der Waals surface area contributed by atoms with Gasteiger partial charge in [-0.2, -0.15) is 13.2 Å². The zero-order valence-electron chi connectivity index (χ0n) is 18.3. The molecule has 1 amide bonds. The minimum atomic E-state index is -4.34. The van der Waals surface area contributed by atoms with E-state index in [0.29, 0.717) is 56.3 Å². The molecule has 0 atom stereocenters. The fourth-order valence-electron chi connectivity index (χ4n) is 4.82. The van der Waals surface area contributed by atoms with E-state index in [9.17, 15) is 18.0 Å². The second-order valence-corrected chi connectivity index (χ2v) is 9.36. The summed E-state index contributed by atoms with van der Waals surface area (Å²) in [5, 5.41) is 3.85. The number of halogens is 4. The highest BCUT2D eigenvalue weighted by Gasteiger charge is 2.42. The average molecular weight is 481 g/mol. The molecule has 8 heteroatoms. The second kappa shape index (κ2) is 10.0. The number of likely N-dealkylation sites (tertiary alicyclic amines) is 1. The molecular weight excluding hydrogens is 453 g/mol. The van der Waals surface area contributed by atoms with E-state index in [0.717, 1.165) is 24.5 Å². The minimum Gasteiger partial charge on any atom is -0.381 e. The first-order valence-corrected chi connectivity index (χ1v) is 11.7. The lowest BCUT2D eigenvalue weighted by Gasteiger charge is -2.39.